The van der Waals surface area contributed by atoms with Gasteiger partial charge in [-0.3, -0.25) is 5.41 Å². The topological polar surface area (TPSA) is 114 Å². The first-order valence-electron chi connectivity index (χ1n) is 3.94. The van der Waals surface area contributed by atoms with Gasteiger partial charge >= 0.3 is 0 Å². The third kappa shape index (κ3) is 2.17. The maximum absolute atomic E-state index is 11.3. The van der Waals surface area contributed by atoms with Crippen LogP contribution in [0.3, 0.4) is 0 Å². The van der Waals surface area contributed by atoms with Crippen LogP contribution in [0.5, 0.6) is 0 Å². The lowest BCUT2D eigenvalue weighted by atomic mass is 10.4. The maximum atomic E-state index is 11.3. The Bertz CT molecular complexity index is 516. The first kappa shape index (κ1) is 12.1. The Morgan fingerprint density at radius 2 is 2.07 bits per heavy atom. The minimum absolute atomic E-state index is 0.118. The Kier molecular flexibility index (Phi) is 2.88. The van der Waals surface area contributed by atoms with E-state index in [2.05, 4.69) is 4.40 Å². The van der Waals surface area contributed by atoms with Gasteiger partial charge in [0.25, 0.3) is 10.0 Å². The predicted molar refractivity (Wildman–Crippen MR) is 54.3 cm³/mol. The van der Waals surface area contributed by atoms with Crippen molar-refractivity contribution in [2.45, 2.75) is 11.5 Å². The molecule has 1 unspecified atom stereocenters. The molecule has 1 heterocycles. The van der Waals surface area contributed by atoms with Crippen molar-refractivity contribution in [3.63, 3.8) is 0 Å². The fraction of sp³-hybridized carbons (Fsp3) is 0.667. The van der Waals surface area contributed by atoms with Gasteiger partial charge in [-0.05, 0) is 6.92 Å². The molecule has 1 rings (SSSR count). The van der Waals surface area contributed by atoms with Crippen LogP contribution in [0.25, 0.3) is 0 Å². The molecular weight excluding hydrogens is 244 g/mol. The van der Waals surface area contributed by atoms with Gasteiger partial charge in [-0.25, -0.2) is 16.8 Å². The summed E-state index contributed by atoms with van der Waals surface area (Å²) in [6.07, 6.45) is 0.744. The van der Waals surface area contributed by atoms with Crippen LogP contribution in [-0.2, 0) is 24.6 Å². The van der Waals surface area contributed by atoms with Gasteiger partial charge in [-0.2, -0.15) is 0 Å². The monoisotopic (exact) mass is 254 g/mol. The molecule has 0 saturated carbocycles. The highest BCUT2D eigenvalue weighted by Crippen LogP contribution is 2.20. The largest absolute Gasteiger partial charge is 0.476 e. The van der Waals surface area contributed by atoms with Gasteiger partial charge in [0.15, 0.2) is 9.84 Å². The van der Waals surface area contributed by atoms with E-state index in [1.54, 1.807) is 6.92 Å². The minimum atomic E-state index is -4.21. The summed E-state index contributed by atoms with van der Waals surface area (Å²) >= 11 is 0. The third-order valence-corrected chi connectivity index (χ3v) is 5.61. The summed E-state index contributed by atoms with van der Waals surface area (Å²) in [4.78, 5) is 0. The number of hydrogen-bond donors (Lipinski definition) is 1. The number of sulfone groups is 1. The smallest absolute Gasteiger partial charge is 0.279 e. The fourth-order valence-corrected chi connectivity index (χ4v) is 4.44. The van der Waals surface area contributed by atoms with E-state index in [1.165, 1.54) is 0 Å². The van der Waals surface area contributed by atoms with E-state index in [-0.39, 0.29) is 6.61 Å². The molecule has 0 amide bonds. The minimum Gasteiger partial charge on any atom is -0.476 e. The van der Waals surface area contributed by atoms with Gasteiger partial charge in [-0.1, -0.05) is 0 Å². The number of nitrogens with zero attached hydrogens (tertiary/aromatic N) is 1. The van der Waals surface area contributed by atoms with Gasteiger partial charge in [0.2, 0.25) is 10.5 Å². The van der Waals surface area contributed by atoms with Crippen LogP contribution >= 0.6 is 0 Å². The fourth-order valence-electron chi connectivity index (χ4n) is 1.14. The van der Waals surface area contributed by atoms with Gasteiger partial charge < -0.3 is 4.74 Å². The molecule has 15 heavy (non-hydrogen) atoms. The summed E-state index contributed by atoms with van der Waals surface area (Å²) in [6.45, 7) is 1.70. The summed E-state index contributed by atoms with van der Waals surface area (Å²) < 4.78 is 50.9. The summed E-state index contributed by atoms with van der Waals surface area (Å²) in [5.74, 6) is -0.437. The number of sulfonamides is 1. The highest BCUT2D eigenvalue weighted by molar-refractivity contribution is 8.10. The average molecular weight is 254 g/mol. The Labute approximate surface area is 87.6 Å². The van der Waals surface area contributed by atoms with Gasteiger partial charge in [0, 0.05) is 6.26 Å². The zero-order chi connectivity index (χ0) is 11.9. The normalized spacial score (nSPS) is 25.1. The van der Waals surface area contributed by atoms with E-state index in [4.69, 9.17) is 10.1 Å². The van der Waals surface area contributed by atoms with Crippen LogP contribution in [-0.4, -0.2) is 45.9 Å². The quantitative estimate of drug-likeness (QED) is 0.689. The van der Waals surface area contributed by atoms with E-state index >= 15 is 0 Å². The molecule has 0 bridgehead atoms. The second-order valence-corrected chi connectivity index (χ2v) is 7.03. The molecule has 86 valence electrons. The lowest BCUT2D eigenvalue weighted by molar-refractivity contribution is 0.335. The third-order valence-electron chi connectivity index (χ3n) is 1.62. The summed E-state index contributed by atoms with van der Waals surface area (Å²) in [6, 6.07) is 0. The molecule has 0 spiro atoms. The van der Waals surface area contributed by atoms with Crippen LogP contribution in [0.2, 0.25) is 0 Å². The van der Waals surface area contributed by atoms with Crippen molar-refractivity contribution in [1.29, 1.82) is 5.41 Å². The molecule has 1 aliphatic rings. The van der Waals surface area contributed by atoms with Crippen molar-refractivity contribution in [3.05, 3.63) is 0 Å². The zero-order valence-electron chi connectivity index (χ0n) is 8.09. The van der Waals surface area contributed by atoms with E-state index in [9.17, 15) is 16.8 Å². The molecule has 0 aromatic rings. The Morgan fingerprint density at radius 3 is 2.40 bits per heavy atom. The molecule has 0 aromatic carbocycles. The number of ether oxygens (including phenoxy) is 1. The van der Waals surface area contributed by atoms with Crippen LogP contribution < -0.4 is 0 Å². The zero-order valence-corrected chi connectivity index (χ0v) is 9.72. The van der Waals surface area contributed by atoms with Gasteiger partial charge in [-0.15, -0.1) is 4.40 Å². The van der Waals surface area contributed by atoms with Gasteiger partial charge in [0.1, 0.15) is 5.71 Å². The number of rotatable bonds is 2. The predicted octanol–water partition coefficient (Wildman–Crippen LogP) is -0.845. The number of nitrogens with one attached hydrogen (secondary N) is 1. The van der Waals surface area contributed by atoms with Crippen LogP contribution in [0.15, 0.2) is 4.40 Å². The van der Waals surface area contributed by atoms with Crippen LogP contribution in [0.1, 0.15) is 6.92 Å². The molecule has 0 fully saturated rings. The standard InChI is InChI=1S/C6H10N2O5S2/c1-3-13-5-4(7)6(14(2,9)10)15(11,12)8-5/h6-7H,3H2,1-2H3. The first-order valence-corrected chi connectivity index (χ1v) is 7.40. The van der Waals surface area contributed by atoms with E-state index < -0.39 is 36.1 Å². The van der Waals surface area contributed by atoms with E-state index in [1.807, 2.05) is 0 Å². The summed E-state index contributed by atoms with van der Waals surface area (Å²) in [7, 11) is -8.13. The Morgan fingerprint density at radius 1 is 1.53 bits per heavy atom. The lowest BCUT2D eigenvalue weighted by Gasteiger charge is -2.05. The van der Waals surface area contributed by atoms with Crippen LogP contribution in [0.4, 0.5) is 0 Å². The van der Waals surface area contributed by atoms with Crippen molar-refractivity contribution < 1.29 is 21.6 Å². The molecular formula is C6H10N2O5S2. The lowest BCUT2D eigenvalue weighted by Crippen LogP contribution is -2.34. The van der Waals surface area contributed by atoms with Crippen LogP contribution in [0, 0.1) is 5.41 Å². The molecule has 7 nitrogen and oxygen atoms in total. The van der Waals surface area contributed by atoms with Crippen molar-refractivity contribution >= 4 is 31.5 Å². The second kappa shape index (κ2) is 3.56. The van der Waals surface area contributed by atoms with Crippen molar-refractivity contribution in [1.82, 2.24) is 0 Å². The van der Waals surface area contributed by atoms with Crippen molar-refractivity contribution in [2.24, 2.45) is 4.40 Å². The van der Waals surface area contributed by atoms with Crippen molar-refractivity contribution in [3.8, 4) is 0 Å². The average Bonchev–Trinajstić information content (AvgIpc) is 2.20. The highest BCUT2D eigenvalue weighted by Gasteiger charge is 2.47. The molecule has 0 saturated heterocycles. The van der Waals surface area contributed by atoms with E-state index in [0.29, 0.717) is 0 Å². The highest BCUT2D eigenvalue weighted by atomic mass is 32.3. The van der Waals surface area contributed by atoms with Crippen molar-refractivity contribution in [2.75, 3.05) is 12.9 Å². The second-order valence-electron chi connectivity index (χ2n) is 2.92. The molecule has 0 radical (unpaired) electrons. The summed E-state index contributed by atoms with van der Waals surface area (Å²) in [5.41, 5.74) is -0.626. The van der Waals surface area contributed by atoms with Gasteiger partial charge in [0.05, 0.1) is 6.61 Å². The molecule has 1 N–H and O–H groups in total. The molecule has 0 aromatic heterocycles. The molecule has 9 heteroatoms. The van der Waals surface area contributed by atoms with E-state index in [0.717, 1.165) is 6.26 Å². The SMILES string of the molecule is CCOC1=NS(=O)(=O)C(S(C)(=O)=O)C1=N. The molecule has 1 atom stereocenters. The molecule has 0 aliphatic carbocycles. The Hall–Kier alpha value is -0.960. The molecule has 1 aliphatic heterocycles. The Balaban J connectivity index is 3.26. The maximum Gasteiger partial charge on any atom is 0.279 e. The number of hydrogen-bond acceptors (Lipinski definition) is 6. The first-order chi connectivity index (χ1) is 6.70. The summed E-state index contributed by atoms with van der Waals surface area (Å²) in [5, 5.41) is 7.36.